The van der Waals surface area contributed by atoms with Gasteiger partial charge in [0.05, 0.1) is 15.8 Å². The second kappa shape index (κ2) is 7.34. The Balaban J connectivity index is 1.94. The SMILES string of the molecule is CS(=O)(=O)Cc1ccc(-c2c(Cl)cc(Nc3n[nH]c(N)n3)cc2Cl)cc1F. The first kappa shape index (κ1) is 19.4. The van der Waals surface area contributed by atoms with E-state index in [2.05, 4.69) is 20.5 Å². The van der Waals surface area contributed by atoms with Crippen LogP contribution in [0.25, 0.3) is 11.1 Å². The van der Waals surface area contributed by atoms with Crippen LogP contribution in [-0.4, -0.2) is 29.9 Å². The molecule has 3 rings (SSSR count). The fraction of sp³-hybridized carbons (Fsp3) is 0.125. The maximum Gasteiger partial charge on any atom is 0.248 e. The number of rotatable bonds is 5. The molecule has 0 saturated carbocycles. The molecule has 1 heterocycles. The Kier molecular flexibility index (Phi) is 5.27. The van der Waals surface area contributed by atoms with Gasteiger partial charge in [-0.3, -0.25) is 0 Å². The number of aromatic amines is 1. The fourth-order valence-corrected chi connectivity index (χ4v) is 3.99. The van der Waals surface area contributed by atoms with Crippen molar-refractivity contribution in [3.05, 3.63) is 51.8 Å². The molecule has 27 heavy (non-hydrogen) atoms. The van der Waals surface area contributed by atoms with Crippen molar-refractivity contribution in [3.8, 4) is 11.1 Å². The molecule has 0 atom stereocenters. The minimum Gasteiger partial charge on any atom is -0.368 e. The second-order valence-corrected chi connectivity index (χ2v) is 8.82. The van der Waals surface area contributed by atoms with Gasteiger partial charge in [0.25, 0.3) is 0 Å². The number of hydrogen-bond acceptors (Lipinski definition) is 6. The standard InChI is InChI=1S/C16H14Cl2FN5O2S/c1-27(25,26)7-9-3-2-8(4-13(9)19)14-11(17)5-10(6-12(14)18)21-16-22-15(20)23-24-16/h2-6H,7H2,1H3,(H4,20,21,22,23,24). The quantitative estimate of drug-likeness (QED) is 0.568. The molecule has 0 aliphatic carbocycles. The molecule has 0 fully saturated rings. The first-order valence-corrected chi connectivity index (χ1v) is 10.3. The number of halogens is 3. The summed E-state index contributed by atoms with van der Waals surface area (Å²) in [6.07, 6.45) is 1.04. The van der Waals surface area contributed by atoms with Crippen LogP contribution >= 0.6 is 23.2 Å². The molecule has 0 bridgehead atoms. The number of benzene rings is 2. The molecule has 0 aliphatic heterocycles. The molecule has 0 unspecified atom stereocenters. The molecular weight excluding hydrogens is 416 g/mol. The maximum absolute atomic E-state index is 14.3. The van der Waals surface area contributed by atoms with Crippen LogP contribution in [0.2, 0.25) is 10.0 Å². The molecule has 7 nitrogen and oxygen atoms in total. The van der Waals surface area contributed by atoms with Crippen molar-refractivity contribution in [3.63, 3.8) is 0 Å². The van der Waals surface area contributed by atoms with Gasteiger partial charge in [0.1, 0.15) is 5.82 Å². The Morgan fingerprint density at radius 2 is 1.89 bits per heavy atom. The van der Waals surface area contributed by atoms with Gasteiger partial charge in [-0.2, -0.15) is 4.98 Å². The van der Waals surface area contributed by atoms with Crippen LogP contribution in [0.4, 0.5) is 22.0 Å². The highest BCUT2D eigenvalue weighted by molar-refractivity contribution is 7.89. The molecule has 4 N–H and O–H groups in total. The molecule has 0 amide bonds. The fourth-order valence-electron chi connectivity index (χ4n) is 2.48. The Morgan fingerprint density at radius 3 is 2.41 bits per heavy atom. The maximum atomic E-state index is 14.3. The van der Waals surface area contributed by atoms with Gasteiger partial charge < -0.3 is 11.1 Å². The summed E-state index contributed by atoms with van der Waals surface area (Å²) < 4.78 is 37.0. The summed E-state index contributed by atoms with van der Waals surface area (Å²) in [6, 6.07) is 7.34. The van der Waals surface area contributed by atoms with Crippen molar-refractivity contribution >= 4 is 50.6 Å². The minimum atomic E-state index is -3.35. The largest absolute Gasteiger partial charge is 0.368 e. The number of nitrogen functional groups attached to an aromatic ring is 1. The van der Waals surface area contributed by atoms with Crippen molar-refractivity contribution in [1.82, 2.24) is 15.2 Å². The molecule has 0 aliphatic rings. The lowest BCUT2D eigenvalue weighted by atomic mass is 10.0. The first-order valence-electron chi connectivity index (χ1n) is 7.53. The zero-order valence-corrected chi connectivity index (χ0v) is 16.3. The molecule has 11 heteroatoms. The van der Waals surface area contributed by atoms with Gasteiger partial charge in [-0.25, -0.2) is 17.9 Å². The van der Waals surface area contributed by atoms with Crippen LogP contribution in [0, 0.1) is 5.82 Å². The van der Waals surface area contributed by atoms with Crippen LogP contribution in [0.15, 0.2) is 30.3 Å². The molecule has 0 radical (unpaired) electrons. The van der Waals surface area contributed by atoms with Crippen LogP contribution in [0.1, 0.15) is 5.56 Å². The summed E-state index contributed by atoms with van der Waals surface area (Å²) in [5.41, 5.74) is 6.90. The summed E-state index contributed by atoms with van der Waals surface area (Å²) in [7, 11) is -3.35. The number of nitrogens with two attached hydrogens (primary N) is 1. The molecule has 0 saturated heterocycles. The van der Waals surface area contributed by atoms with Crippen molar-refractivity contribution in [2.75, 3.05) is 17.3 Å². The number of anilines is 3. The Bertz CT molecular complexity index is 1090. The number of hydrogen-bond donors (Lipinski definition) is 3. The molecule has 142 valence electrons. The van der Waals surface area contributed by atoms with E-state index in [1.54, 1.807) is 18.2 Å². The van der Waals surface area contributed by atoms with E-state index in [0.717, 1.165) is 6.26 Å². The average molecular weight is 430 g/mol. The van der Waals surface area contributed by atoms with E-state index in [9.17, 15) is 12.8 Å². The van der Waals surface area contributed by atoms with E-state index in [-0.39, 0.29) is 33.3 Å². The highest BCUT2D eigenvalue weighted by atomic mass is 35.5. The molecule has 3 aromatic rings. The lowest BCUT2D eigenvalue weighted by molar-refractivity contribution is 0.592. The van der Waals surface area contributed by atoms with Gasteiger partial charge in [0.15, 0.2) is 9.84 Å². The highest BCUT2D eigenvalue weighted by Gasteiger charge is 2.15. The predicted molar refractivity (Wildman–Crippen MR) is 104 cm³/mol. The van der Waals surface area contributed by atoms with E-state index in [0.29, 0.717) is 16.8 Å². The molecular formula is C16H14Cl2FN5O2S. The van der Waals surface area contributed by atoms with Crippen molar-refractivity contribution in [2.24, 2.45) is 0 Å². The summed E-state index contributed by atoms with van der Waals surface area (Å²) in [5.74, 6) is -0.647. The van der Waals surface area contributed by atoms with E-state index >= 15 is 0 Å². The van der Waals surface area contributed by atoms with Gasteiger partial charge >= 0.3 is 0 Å². The summed E-state index contributed by atoms with van der Waals surface area (Å²) in [4.78, 5) is 3.91. The number of H-pyrrole nitrogens is 1. The van der Waals surface area contributed by atoms with Crippen LogP contribution in [0.3, 0.4) is 0 Å². The summed E-state index contributed by atoms with van der Waals surface area (Å²) in [5, 5.41) is 9.75. The van der Waals surface area contributed by atoms with Gasteiger partial charge in [0, 0.05) is 23.1 Å². The Hall–Kier alpha value is -2.36. The zero-order chi connectivity index (χ0) is 19.8. The smallest absolute Gasteiger partial charge is 0.248 e. The molecule has 2 aromatic carbocycles. The average Bonchev–Trinajstić information content (AvgIpc) is 2.93. The van der Waals surface area contributed by atoms with Gasteiger partial charge in [-0.1, -0.05) is 35.3 Å². The number of aromatic nitrogens is 3. The van der Waals surface area contributed by atoms with Crippen LogP contribution in [-0.2, 0) is 15.6 Å². The third kappa shape index (κ3) is 4.68. The van der Waals surface area contributed by atoms with Crippen LogP contribution < -0.4 is 11.1 Å². The highest BCUT2D eigenvalue weighted by Crippen LogP contribution is 2.38. The first-order chi connectivity index (χ1) is 12.6. The lowest BCUT2D eigenvalue weighted by Crippen LogP contribution is -2.03. The Labute approximate surface area is 164 Å². The van der Waals surface area contributed by atoms with Crippen molar-refractivity contribution < 1.29 is 12.8 Å². The number of nitrogens with zero attached hydrogens (tertiary/aromatic N) is 2. The third-order valence-electron chi connectivity index (χ3n) is 3.56. The number of nitrogens with one attached hydrogen (secondary N) is 2. The van der Waals surface area contributed by atoms with Gasteiger partial charge in [-0.05, 0) is 23.8 Å². The molecule has 1 aromatic heterocycles. The summed E-state index contributed by atoms with van der Waals surface area (Å²) >= 11 is 12.6. The second-order valence-electron chi connectivity index (χ2n) is 5.86. The minimum absolute atomic E-state index is 0.0778. The monoisotopic (exact) mass is 429 g/mol. The normalized spacial score (nSPS) is 11.6. The third-order valence-corrected chi connectivity index (χ3v) is 4.99. The zero-order valence-electron chi connectivity index (χ0n) is 13.9. The van der Waals surface area contributed by atoms with Crippen LogP contribution in [0.5, 0.6) is 0 Å². The van der Waals surface area contributed by atoms with Gasteiger partial charge in [-0.15, -0.1) is 5.10 Å². The summed E-state index contributed by atoms with van der Waals surface area (Å²) in [6.45, 7) is 0. The van der Waals surface area contributed by atoms with Gasteiger partial charge in [0.2, 0.25) is 11.9 Å². The Morgan fingerprint density at radius 1 is 1.22 bits per heavy atom. The van der Waals surface area contributed by atoms with E-state index in [1.165, 1.54) is 12.1 Å². The van der Waals surface area contributed by atoms with E-state index in [1.807, 2.05) is 0 Å². The van der Waals surface area contributed by atoms with E-state index in [4.69, 9.17) is 28.9 Å². The molecule has 0 spiro atoms. The van der Waals surface area contributed by atoms with Crippen molar-refractivity contribution in [2.45, 2.75) is 5.75 Å². The van der Waals surface area contributed by atoms with E-state index < -0.39 is 15.7 Å². The predicted octanol–water partition coefficient (Wildman–Crippen LogP) is 3.79. The number of sulfone groups is 1. The topological polar surface area (TPSA) is 114 Å². The lowest BCUT2D eigenvalue weighted by Gasteiger charge is -2.12. The van der Waals surface area contributed by atoms with Crippen molar-refractivity contribution in [1.29, 1.82) is 0 Å².